The summed E-state index contributed by atoms with van der Waals surface area (Å²) < 4.78 is 12.8. The Labute approximate surface area is 113 Å². The highest BCUT2D eigenvalue weighted by molar-refractivity contribution is 9.09. The van der Waals surface area contributed by atoms with Gasteiger partial charge < -0.3 is 0 Å². The van der Waals surface area contributed by atoms with Crippen LogP contribution in [-0.4, -0.2) is 10.3 Å². The summed E-state index contributed by atoms with van der Waals surface area (Å²) in [4.78, 5) is 4.30. The van der Waals surface area contributed by atoms with Gasteiger partial charge >= 0.3 is 0 Å². The lowest BCUT2D eigenvalue weighted by Gasteiger charge is -2.12. The van der Waals surface area contributed by atoms with E-state index in [-0.39, 0.29) is 5.82 Å². The molecule has 1 atom stereocenters. The average molecular weight is 314 g/mol. The van der Waals surface area contributed by atoms with Gasteiger partial charge in [-0.1, -0.05) is 28.1 Å². The van der Waals surface area contributed by atoms with Crippen molar-refractivity contribution in [3.05, 3.63) is 52.2 Å². The number of benzene rings is 1. The third kappa shape index (κ3) is 3.89. The maximum absolute atomic E-state index is 12.8. The predicted molar refractivity (Wildman–Crippen MR) is 73.2 cm³/mol. The number of thiazole rings is 1. The van der Waals surface area contributed by atoms with Gasteiger partial charge in [-0.2, -0.15) is 0 Å². The number of hydrogen-bond donors (Lipinski definition) is 0. The second-order valence-corrected chi connectivity index (χ2v) is 5.40. The van der Waals surface area contributed by atoms with Crippen molar-refractivity contribution in [2.24, 2.45) is 5.92 Å². The smallest absolute Gasteiger partial charge is 0.123 e. The van der Waals surface area contributed by atoms with Crippen LogP contribution in [0.15, 0.2) is 35.2 Å². The molecule has 1 aromatic carbocycles. The molecule has 0 spiro atoms. The summed E-state index contributed by atoms with van der Waals surface area (Å²) in [6.07, 6.45) is 1.91. The summed E-state index contributed by atoms with van der Waals surface area (Å²) in [6.45, 7) is 0. The minimum atomic E-state index is -0.177. The van der Waals surface area contributed by atoms with Gasteiger partial charge in [0.15, 0.2) is 0 Å². The van der Waals surface area contributed by atoms with E-state index in [0.29, 0.717) is 5.92 Å². The number of hydrogen-bond acceptors (Lipinski definition) is 2. The zero-order valence-corrected chi connectivity index (χ0v) is 11.7. The van der Waals surface area contributed by atoms with E-state index in [2.05, 4.69) is 26.3 Å². The Hall–Kier alpha value is -0.740. The predicted octanol–water partition coefficient (Wildman–Crippen LogP) is 4.08. The van der Waals surface area contributed by atoms with Gasteiger partial charge in [-0.3, -0.25) is 0 Å². The van der Waals surface area contributed by atoms with Crippen LogP contribution in [0.25, 0.3) is 0 Å². The molecule has 0 radical (unpaired) electrons. The van der Waals surface area contributed by atoms with Gasteiger partial charge in [0.2, 0.25) is 0 Å². The molecule has 0 aliphatic heterocycles. The molecule has 90 valence electrons. The van der Waals surface area contributed by atoms with Crippen molar-refractivity contribution in [1.29, 1.82) is 0 Å². The fourth-order valence-electron chi connectivity index (χ4n) is 1.77. The van der Waals surface area contributed by atoms with Crippen LogP contribution in [0.4, 0.5) is 4.39 Å². The largest absolute Gasteiger partial charge is 0.250 e. The summed E-state index contributed by atoms with van der Waals surface area (Å²) in [5, 5.41) is 3.02. The lowest BCUT2D eigenvalue weighted by Crippen LogP contribution is -2.10. The van der Waals surface area contributed by atoms with E-state index in [4.69, 9.17) is 0 Å². The van der Waals surface area contributed by atoms with Gasteiger partial charge in [0.25, 0.3) is 0 Å². The molecule has 1 unspecified atom stereocenters. The van der Waals surface area contributed by atoms with Crippen molar-refractivity contribution in [1.82, 2.24) is 4.98 Å². The second-order valence-electron chi connectivity index (χ2n) is 4.03. The Kier molecular flexibility index (Phi) is 4.68. The first kappa shape index (κ1) is 12.7. The van der Waals surface area contributed by atoms with Crippen LogP contribution in [-0.2, 0) is 12.8 Å². The van der Waals surface area contributed by atoms with Crippen molar-refractivity contribution in [3.63, 3.8) is 0 Å². The molecular weight excluding hydrogens is 301 g/mol. The first-order valence-electron chi connectivity index (χ1n) is 5.45. The van der Waals surface area contributed by atoms with Gasteiger partial charge in [0, 0.05) is 10.7 Å². The molecule has 0 saturated heterocycles. The highest BCUT2D eigenvalue weighted by atomic mass is 79.9. The quantitative estimate of drug-likeness (QED) is 0.758. The van der Waals surface area contributed by atoms with Gasteiger partial charge in [-0.25, -0.2) is 9.37 Å². The van der Waals surface area contributed by atoms with Crippen LogP contribution in [0.3, 0.4) is 0 Å². The molecule has 1 nitrogen and oxygen atoms in total. The molecule has 0 aliphatic rings. The maximum Gasteiger partial charge on any atom is 0.123 e. The maximum atomic E-state index is 12.8. The minimum absolute atomic E-state index is 0.177. The Morgan fingerprint density at radius 1 is 1.24 bits per heavy atom. The first-order valence-corrected chi connectivity index (χ1v) is 7.52. The van der Waals surface area contributed by atoms with Crippen molar-refractivity contribution in [3.8, 4) is 0 Å². The standard InChI is InChI=1S/C13H13BrFNS/c14-7-11(6-13-8-17-9-16-13)5-10-1-3-12(15)4-2-10/h1-4,8-9,11H,5-7H2. The summed E-state index contributed by atoms with van der Waals surface area (Å²) in [7, 11) is 0. The van der Waals surface area contributed by atoms with E-state index in [1.807, 2.05) is 17.6 Å². The monoisotopic (exact) mass is 313 g/mol. The molecule has 1 heterocycles. The van der Waals surface area contributed by atoms with Gasteiger partial charge in [0.1, 0.15) is 5.82 Å². The molecule has 2 rings (SSSR count). The minimum Gasteiger partial charge on any atom is -0.250 e. The SMILES string of the molecule is Fc1ccc(CC(CBr)Cc2cscn2)cc1. The highest BCUT2D eigenvalue weighted by Crippen LogP contribution is 2.17. The van der Waals surface area contributed by atoms with Crippen LogP contribution in [0.5, 0.6) is 0 Å². The van der Waals surface area contributed by atoms with Crippen LogP contribution in [0, 0.1) is 11.7 Å². The van der Waals surface area contributed by atoms with Crippen LogP contribution >= 0.6 is 27.3 Å². The van der Waals surface area contributed by atoms with Crippen molar-refractivity contribution < 1.29 is 4.39 Å². The van der Waals surface area contributed by atoms with Crippen LogP contribution in [0.1, 0.15) is 11.3 Å². The van der Waals surface area contributed by atoms with E-state index in [0.717, 1.165) is 23.9 Å². The Balaban J connectivity index is 1.97. The average Bonchev–Trinajstić information content (AvgIpc) is 2.84. The van der Waals surface area contributed by atoms with Crippen molar-refractivity contribution in [2.45, 2.75) is 12.8 Å². The molecule has 0 aliphatic carbocycles. The van der Waals surface area contributed by atoms with E-state index in [1.54, 1.807) is 11.3 Å². The zero-order valence-electron chi connectivity index (χ0n) is 9.27. The van der Waals surface area contributed by atoms with Crippen molar-refractivity contribution in [2.75, 3.05) is 5.33 Å². The molecule has 1 aromatic heterocycles. The Morgan fingerprint density at radius 3 is 2.59 bits per heavy atom. The molecule has 4 heteroatoms. The van der Waals surface area contributed by atoms with Crippen molar-refractivity contribution >= 4 is 27.3 Å². The Morgan fingerprint density at radius 2 is 2.00 bits per heavy atom. The third-order valence-electron chi connectivity index (χ3n) is 2.64. The lowest BCUT2D eigenvalue weighted by atomic mass is 9.97. The summed E-state index contributed by atoms with van der Waals surface area (Å²) in [6, 6.07) is 6.74. The van der Waals surface area contributed by atoms with E-state index in [1.165, 1.54) is 17.7 Å². The molecule has 0 saturated carbocycles. The normalized spacial score (nSPS) is 12.6. The molecule has 0 N–H and O–H groups in total. The molecule has 0 bridgehead atoms. The molecular formula is C13H13BrFNS. The molecule has 17 heavy (non-hydrogen) atoms. The lowest BCUT2D eigenvalue weighted by molar-refractivity contribution is 0.581. The fraction of sp³-hybridized carbons (Fsp3) is 0.308. The van der Waals surface area contributed by atoms with E-state index >= 15 is 0 Å². The summed E-state index contributed by atoms with van der Waals surface area (Å²) >= 11 is 5.16. The molecule has 2 aromatic rings. The van der Waals surface area contributed by atoms with E-state index < -0.39 is 0 Å². The van der Waals surface area contributed by atoms with Crippen LogP contribution in [0.2, 0.25) is 0 Å². The summed E-state index contributed by atoms with van der Waals surface area (Å²) in [5.41, 5.74) is 4.17. The summed E-state index contributed by atoms with van der Waals surface area (Å²) in [5.74, 6) is 0.325. The van der Waals surface area contributed by atoms with Crippen LogP contribution < -0.4 is 0 Å². The number of aromatic nitrogens is 1. The number of nitrogens with zero attached hydrogens (tertiary/aromatic N) is 1. The zero-order chi connectivity index (χ0) is 12.1. The number of alkyl halides is 1. The number of halogens is 2. The first-order chi connectivity index (χ1) is 8.28. The third-order valence-corrected chi connectivity index (χ3v) is 4.19. The second kappa shape index (κ2) is 6.26. The highest BCUT2D eigenvalue weighted by Gasteiger charge is 2.10. The molecule has 0 fully saturated rings. The van der Waals surface area contributed by atoms with E-state index in [9.17, 15) is 4.39 Å². The topological polar surface area (TPSA) is 12.9 Å². The van der Waals surface area contributed by atoms with Gasteiger partial charge in [0.05, 0.1) is 11.2 Å². The van der Waals surface area contributed by atoms with Gasteiger partial charge in [-0.15, -0.1) is 11.3 Å². The fourth-order valence-corrected chi connectivity index (χ4v) is 2.80. The number of rotatable bonds is 5. The molecule has 0 amide bonds. The Bertz CT molecular complexity index is 441. The van der Waals surface area contributed by atoms with Gasteiger partial charge in [-0.05, 0) is 36.5 Å².